The highest BCUT2D eigenvalue weighted by Gasteiger charge is 2.36. The maximum atomic E-state index is 12.1. The normalized spacial score (nSPS) is 21.2. The van der Waals surface area contributed by atoms with Crippen molar-refractivity contribution in [3.05, 3.63) is 54.1 Å². The van der Waals surface area contributed by atoms with E-state index in [4.69, 9.17) is 5.73 Å². The molecular formula is C18H19N3O2. The maximum Gasteiger partial charge on any atom is 0.231 e. The minimum Gasteiger partial charge on any atom is -0.508 e. The molecule has 0 spiro atoms. The molecule has 2 aromatic rings. The lowest BCUT2D eigenvalue weighted by Crippen LogP contribution is -2.47. The minimum atomic E-state index is -0.680. The van der Waals surface area contributed by atoms with Gasteiger partial charge in [0.25, 0.3) is 0 Å². The second-order valence-corrected chi connectivity index (χ2v) is 6.00. The highest BCUT2D eigenvalue weighted by atomic mass is 16.3. The zero-order chi connectivity index (χ0) is 16.6. The van der Waals surface area contributed by atoms with Crippen LogP contribution < -0.4 is 5.73 Å². The third-order valence-corrected chi connectivity index (χ3v) is 4.24. The lowest BCUT2D eigenvalue weighted by atomic mass is 9.86. The lowest BCUT2D eigenvalue weighted by molar-refractivity contribution is -0.128. The molecule has 1 atom stereocenters. The van der Waals surface area contributed by atoms with Crippen LogP contribution in [0.3, 0.4) is 0 Å². The Morgan fingerprint density at radius 3 is 2.48 bits per heavy atom. The number of nitrogens with zero attached hydrogens (tertiary/aromatic N) is 2. The predicted molar refractivity (Wildman–Crippen MR) is 89.9 cm³/mol. The summed E-state index contributed by atoms with van der Waals surface area (Å²) in [5, 5.41) is 9.65. The number of hydrogen-bond acceptors (Lipinski definition) is 4. The standard InChI is InChI=1S/C18H19N3O2/c1-18(11-16(23)21(2)17(19)20-18)14-7-3-5-12(9-14)13-6-4-8-15(22)10-13/h3-10,22H,11H2,1-2H3,(H2,19,20)/t18-/m0/s1. The summed E-state index contributed by atoms with van der Waals surface area (Å²) >= 11 is 0. The lowest BCUT2D eigenvalue weighted by Gasteiger charge is -2.33. The fraction of sp³-hybridized carbons (Fsp3) is 0.222. The number of rotatable bonds is 2. The van der Waals surface area contributed by atoms with Crippen LogP contribution in [0.15, 0.2) is 53.5 Å². The van der Waals surface area contributed by atoms with E-state index in [0.29, 0.717) is 0 Å². The molecule has 3 rings (SSSR count). The van der Waals surface area contributed by atoms with Gasteiger partial charge in [0.2, 0.25) is 5.91 Å². The Morgan fingerprint density at radius 1 is 1.17 bits per heavy atom. The summed E-state index contributed by atoms with van der Waals surface area (Å²) in [7, 11) is 1.63. The first-order valence-corrected chi connectivity index (χ1v) is 7.41. The fourth-order valence-corrected chi connectivity index (χ4v) is 2.79. The van der Waals surface area contributed by atoms with Gasteiger partial charge in [-0.05, 0) is 41.8 Å². The molecule has 23 heavy (non-hydrogen) atoms. The molecule has 0 bridgehead atoms. The summed E-state index contributed by atoms with van der Waals surface area (Å²) in [5.74, 6) is 0.394. The number of amides is 1. The van der Waals surface area contributed by atoms with Gasteiger partial charge >= 0.3 is 0 Å². The largest absolute Gasteiger partial charge is 0.508 e. The smallest absolute Gasteiger partial charge is 0.231 e. The van der Waals surface area contributed by atoms with E-state index < -0.39 is 5.54 Å². The van der Waals surface area contributed by atoms with Crippen LogP contribution in [-0.2, 0) is 10.3 Å². The Morgan fingerprint density at radius 2 is 1.83 bits per heavy atom. The molecule has 0 saturated carbocycles. The number of aromatic hydroxyl groups is 1. The SMILES string of the molecule is CN1C(=O)C[C@@](C)(c2cccc(-c3cccc(O)c3)c2)N=C1N. The summed E-state index contributed by atoms with van der Waals surface area (Å²) < 4.78 is 0. The van der Waals surface area contributed by atoms with Gasteiger partial charge in [-0.1, -0.05) is 30.3 Å². The minimum absolute atomic E-state index is 0.0530. The zero-order valence-corrected chi connectivity index (χ0v) is 13.2. The Labute approximate surface area is 135 Å². The molecule has 0 radical (unpaired) electrons. The van der Waals surface area contributed by atoms with Crippen molar-refractivity contribution in [3.8, 4) is 16.9 Å². The van der Waals surface area contributed by atoms with Gasteiger partial charge in [-0.3, -0.25) is 9.69 Å². The molecule has 2 aromatic carbocycles. The van der Waals surface area contributed by atoms with Crippen molar-refractivity contribution in [2.45, 2.75) is 18.9 Å². The van der Waals surface area contributed by atoms with E-state index >= 15 is 0 Å². The molecule has 1 aliphatic rings. The molecule has 5 heteroatoms. The number of phenols is 1. The highest BCUT2D eigenvalue weighted by Crippen LogP contribution is 2.35. The van der Waals surface area contributed by atoms with Crippen LogP contribution >= 0.6 is 0 Å². The molecule has 0 aromatic heterocycles. The second-order valence-electron chi connectivity index (χ2n) is 6.00. The maximum absolute atomic E-state index is 12.1. The molecule has 1 heterocycles. The van der Waals surface area contributed by atoms with E-state index in [-0.39, 0.29) is 24.0 Å². The van der Waals surface area contributed by atoms with Crippen molar-refractivity contribution in [1.29, 1.82) is 0 Å². The molecule has 0 fully saturated rings. The predicted octanol–water partition coefficient (Wildman–Crippen LogP) is 2.45. The van der Waals surface area contributed by atoms with Gasteiger partial charge in [-0.25, -0.2) is 4.99 Å². The summed E-state index contributed by atoms with van der Waals surface area (Å²) in [4.78, 5) is 18.0. The topological polar surface area (TPSA) is 78.9 Å². The van der Waals surface area contributed by atoms with Crippen LogP contribution in [0.4, 0.5) is 0 Å². The van der Waals surface area contributed by atoms with Crippen molar-refractivity contribution < 1.29 is 9.90 Å². The van der Waals surface area contributed by atoms with Crippen molar-refractivity contribution in [2.75, 3.05) is 7.05 Å². The van der Waals surface area contributed by atoms with E-state index in [1.807, 2.05) is 37.3 Å². The van der Waals surface area contributed by atoms with Gasteiger partial charge in [0, 0.05) is 7.05 Å². The van der Waals surface area contributed by atoms with Crippen LogP contribution in [0.5, 0.6) is 5.75 Å². The summed E-state index contributed by atoms with van der Waals surface area (Å²) in [6.07, 6.45) is 0.272. The van der Waals surface area contributed by atoms with E-state index in [0.717, 1.165) is 16.7 Å². The summed E-state index contributed by atoms with van der Waals surface area (Å²) in [6.45, 7) is 1.91. The quantitative estimate of drug-likeness (QED) is 0.894. The Kier molecular flexibility index (Phi) is 3.56. The van der Waals surface area contributed by atoms with Crippen LogP contribution in [0.2, 0.25) is 0 Å². The van der Waals surface area contributed by atoms with Gasteiger partial charge < -0.3 is 10.8 Å². The number of carbonyl (C=O) groups excluding carboxylic acids is 1. The molecule has 0 saturated heterocycles. The van der Waals surface area contributed by atoms with E-state index in [1.54, 1.807) is 25.2 Å². The van der Waals surface area contributed by atoms with Crippen LogP contribution in [0.25, 0.3) is 11.1 Å². The van der Waals surface area contributed by atoms with Crippen LogP contribution in [0, 0.1) is 0 Å². The first-order valence-electron chi connectivity index (χ1n) is 7.41. The van der Waals surface area contributed by atoms with Crippen molar-refractivity contribution >= 4 is 11.9 Å². The van der Waals surface area contributed by atoms with Gasteiger partial charge in [-0.15, -0.1) is 0 Å². The van der Waals surface area contributed by atoms with Crippen molar-refractivity contribution in [2.24, 2.45) is 10.7 Å². The second kappa shape index (κ2) is 5.43. The van der Waals surface area contributed by atoms with Crippen molar-refractivity contribution in [3.63, 3.8) is 0 Å². The number of hydrogen-bond donors (Lipinski definition) is 2. The Hall–Kier alpha value is -2.82. The van der Waals surface area contributed by atoms with Gasteiger partial charge in [0.15, 0.2) is 5.96 Å². The fourth-order valence-electron chi connectivity index (χ4n) is 2.79. The van der Waals surface area contributed by atoms with Gasteiger partial charge in [0.05, 0.1) is 12.0 Å². The number of nitrogens with two attached hydrogens (primary N) is 1. The first kappa shape index (κ1) is 15.1. The average Bonchev–Trinajstić information content (AvgIpc) is 2.53. The molecule has 3 N–H and O–H groups in total. The Bertz CT molecular complexity index is 800. The average molecular weight is 309 g/mol. The molecule has 1 amide bonds. The van der Waals surface area contributed by atoms with Gasteiger partial charge in [-0.2, -0.15) is 0 Å². The zero-order valence-electron chi connectivity index (χ0n) is 13.2. The van der Waals surface area contributed by atoms with Crippen LogP contribution in [-0.4, -0.2) is 28.9 Å². The molecule has 1 aliphatic heterocycles. The molecule has 5 nitrogen and oxygen atoms in total. The Balaban J connectivity index is 2.05. The molecule has 118 valence electrons. The number of guanidine groups is 1. The molecule has 0 aliphatic carbocycles. The van der Waals surface area contributed by atoms with E-state index in [9.17, 15) is 9.90 Å². The van der Waals surface area contributed by atoms with Crippen LogP contribution in [0.1, 0.15) is 18.9 Å². The van der Waals surface area contributed by atoms with E-state index in [1.165, 1.54) is 4.90 Å². The molecular weight excluding hydrogens is 290 g/mol. The summed E-state index contributed by atoms with van der Waals surface area (Å²) in [5.41, 5.74) is 7.98. The number of aliphatic imine (C=N–C) groups is 1. The number of carbonyl (C=O) groups is 1. The highest BCUT2D eigenvalue weighted by molar-refractivity contribution is 5.98. The van der Waals surface area contributed by atoms with E-state index in [2.05, 4.69) is 4.99 Å². The molecule has 0 unspecified atom stereocenters. The first-order chi connectivity index (χ1) is 10.9. The number of benzene rings is 2. The number of phenolic OH excluding ortho intramolecular Hbond substituents is 1. The van der Waals surface area contributed by atoms with Gasteiger partial charge in [0.1, 0.15) is 5.75 Å². The van der Waals surface area contributed by atoms with Crippen molar-refractivity contribution in [1.82, 2.24) is 4.90 Å². The third kappa shape index (κ3) is 2.77. The monoisotopic (exact) mass is 309 g/mol. The third-order valence-electron chi connectivity index (χ3n) is 4.24. The summed E-state index contributed by atoms with van der Waals surface area (Å²) in [6, 6.07) is 14.9.